The predicted molar refractivity (Wildman–Crippen MR) is 142 cm³/mol. The second kappa shape index (κ2) is 10.1. The van der Waals surface area contributed by atoms with E-state index in [1.165, 1.54) is 0 Å². The topological polar surface area (TPSA) is 117 Å². The fourth-order valence-corrected chi connectivity index (χ4v) is 6.29. The molecule has 4 aliphatic carbocycles. The Hall–Kier alpha value is -3.17. The SMILES string of the molecule is COc1cncc(Cl)c1-c1noc(C2CC2)c1COC12CCC(COc3ccc(C)c(C(=O)O)n3)(CC1)CC2. The Morgan fingerprint density at radius 2 is 1.90 bits per heavy atom. The standard InChI is InChI=1S/C29H32ClN3O6/c1-17-3-6-22(32-24(17)27(34)35)37-16-28-7-10-29(11-8-28,12-9-28)38-15-19-25(33-39-26(19)18-4-5-18)23-20(30)13-31-14-21(23)36-2/h3,6,13-14,18H,4-5,7-12,15-16H2,1-2H3,(H,34,35). The zero-order valence-corrected chi connectivity index (χ0v) is 22.9. The minimum atomic E-state index is -1.04. The van der Waals surface area contributed by atoms with Crippen molar-refractivity contribution in [3.8, 4) is 22.9 Å². The Kier molecular flexibility index (Phi) is 6.75. The third-order valence-electron chi connectivity index (χ3n) is 8.74. The Morgan fingerprint density at radius 1 is 1.15 bits per heavy atom. The number of nitrogens with zero attached hydrogens (tertiary/aromatic N) is 3. The van der Waals surface area contributed by atoms with Gasteiger partial charge in [-0.05, 0) is 63.9 Å². The van der Waals surface area contributed by atoms with Gasteiger partial charge in [-0.15, -0.1) is 0 Å². The fraction of sp³-hybridized carbons (Fsp3) is 0.517. The van der Waals surface area contributed by atoms with Crippen molar-refractivity contribution in [1.82, 2.24) is 15.1 Å². The van der Waals surface area contributed by atoms with Gasteiger partial charge in [0, 0.05) is 29.2 Å². The molecule has 206 valence electrons. The van der Waals surface area contributed by atoms with Crippen LogP contribution in [-0.2, 0) is 11.3 Å². The van der Waals surface area contributed by atoms with Crippen LogP contribution in [0.5, 0.6) is 11.6 Å². The average Bonchev–Trinajstić information content (AvgIpc) is 3.71. The molecule has 1 N–H and O–H groups in total. The van der Waals surface area contributed by atoms with Gasteiger partial charge in [0.1, 0.15) is 17.2 Å². The molecule has 39 heavy (non-hydrogen) atoms. The number of carbonyl (C=O) groups is 1. The zero-order chi connectivity index (χ0) is 27.2. The molecule has 0 aromatic carbocycles. The van der Waals surface area contributed by atoms with E-state index in [0.29, 0.717) is 52.6 Å². The Morgan fingerprint density at radius 3 is 2.56 bits per heavy atom. The maximum atomic E-state index is 11.4. The van der Waals surface area contributed by atoms with Gasteiger partial charge in [-0.1, -0.05) is 22.8 Å². The minimum absolute atomic E-state index is 0.0362. The number of methoxy groups -OCH3 is 1. The fourth-order valence-electron chi connectivity index (χ4n) is 6.05. The van der Waals surface area contributed by atoms with Crippen LogP contribution in [0, 0.1) is 12.3 Å². The van der Waals surface area contributed by atoms with E-state index < -0.39 is 5.97 Å². The van der Waals surface area contributed by atoms with Crippen LogP contribution in [0.1, 0.15) is 84.7 Å². The molecule has 10 heteroatoms. The van der Waals surface area contributed by atoms with Gasteiger partial charge in [0.15, 0.2) is 5.69 Å². The molecular formula is C29H32ClN3O6. The Balaban J connectivity index is 1.14. The first kappa shape index (κ1) is 26.1. The number of ether oxygens (including phenoxy) is 3. The number of hydrogen-bond donors (Lipinski definition) is 1. The second-order valence-electron chi connectivity index (χ2n) is 11.2. The van der Waals surface area contributed by atoms with Gasteiger partial charge < -0.3 is 23.8 Å². The molecular weight excluding hydrogens is 522 g/mol. The molecule has 9 nitrogen and oxygen atoms in total. The van der Waals surface area contributed by atoms with Gasteiger partial charge in [-0.2, -0.15) is 0 Å². The molecule has 7 rings (SSSR count). The summed E-state index contributed by atoms with van der Waals surface area (Å²) in [6.45, 7) is 2.67. The van der Waals surface area contributed by atoms with E-state index in [9.17, 15) is 9.90 Å². The van der Waals surface area contributed by atoms with E-state index >= 15 is 0 Å². The molecule has 0 atom stereocenters. The molecule has 4 aliphatic rings. The normalized spacial score (nSPS) is 24.1. The summed E-state index contributed by atoms with van der Waals surface area (Å²) in [6.07, 6.45) is 11.2. The number of aryl methyl sites for hydroxylation is 1. The lowest BCUT2D eigenvalue weighted by Gasteiger charge is -2.52. The highest BCUT2D eigenvalue weighted by atomic mass is 35.5. The summed E-state index contributed by atoms with van der Waals surface area (Å²) in [6, 6.07) is 3.49. The summed E-state index contributed by atoms with van der Waals surface area (Å²) in [5.74, 6) is 1.13. The lowest BCUT2D eigenvalue weighted by atomic mass is 9.59. The quantitative estimate of drug-likeness (QED) is 0.305. The first-order valence-corrected chi connectivity index (χ1v) is 13.8. The largest absolute Gasteiger partial charge is 0.494 e. The number of hydrogen-bond acceptors (Lipinski definition) is 8. The van der Waals surface area contributed by atoms with Crippen LogP contribution in [0.15, 0.2) is 29.0 Å². The average molecular weight is 554 g/mol. The van der Waals surface area contributed by atoms with Crippen molar-refractivity contribution < 1.29 is 28.6 Å². The van der Waals surface area contributed by atoms with Crippen molar-refractivity contribution in [1.29, 1.82) is 0 Å². The summed E-state index contributed by atoms with van der Waals surface area (Å²) in [4.78, 5) is 19.8. The number of pyridine rings is 2. The van der Waals surface area contributed by atoms with Crippen molar-refractivity contribution in [2.75, 3.05) is 13.7 Å². The number of carboxylic acid groups (broad SMARTS) is 1. The molecule has 3 aromatic heterocycles. The number of aromatic carboxylic acids is 1. The van der Waals surface area contributed by atoms with Crippen LogP contribution in [0.3, 0.4) is 0 Å². The number of halogens is 1. The number of rotatable bonds is 10. The first-order valence-electron chi connectivity index (χ1n) is 13.5. The summed E-state index contributed by atoms with van der Waals surface area (Å²) in [7, 11) is 1.59. The van der Waals surface area contributed by atoms with Gasteiger partial charge in [0.05, 0.1) is 42.7 Å². The van der Waals surface area contributed by atoms with E-state index in [0.717, 1.165) is 62.7 Å². The third kappa shape index (κ3) is 4.98. The summed E-state index contributed by atoms with van der Waals surface area (Å²) < 4.78 is 24.2. The van der Waals surface area contributed by atoms with Crippen molar-refractivity contribution >= 4 is 17.6 Å². The van der Waals surface area contributed by atoms with Crippen LogP contribution >= 0.6 is 11.6 Å². The molecule has 0 spiro atoms. The van der Waals surface area contributed by atoms with E-state index in [-0.39, 0.29) is 16.7 Å². The maximum Gasteiger partial charge on any atom is 0.354 e. The Labute approximate surface area is 231 Å². The van der Waals surface area contributed by atoms with E-state index in [4.69, 9.17) is 30.3 Å². The summed E-state index contributed by atoms with van der Waals surface area (Å²) >= 11 is 6.54. The number of aromatic nitrogens is 3. The van der Waals surface area contributed by atoms with Crippen LogP contribution < -0.4 is 9.47 Å². The van der Waals surface area contributed by atoms with Crippen LogP contribution in [0.2, 0.25) is 5.02 Å². The molecule has 4 fully saturated rings. The van der Waals surface area contributed by atoms with Crippen LogP contribution in [0.4, 0.5) is 0 Å². The Bertz CT molecular complexity index is 1380. The van der Waals surface area contributed by atoms with E-state index in [2.05, 4.69) is 15.1 Å². The van der Waals surface area contributed by atoms with Gasteiger partial charge in [0.25, 0.3) is 0 Å². The lowest BCUT2D eigenvalue weighted by Crippen LogP contribution is -2.49. The third-order valence-corrected chi connectivity index (χ3v) is 9.03. The van der Waals surface area contributed by atoms with E-state index in [1.807, 2.05) is 0 Å². The van der Waals surface area contributed by atoms with Crippen molar-refractivity contribution in [3.63, 3.8) is 0 Å². The maximum absolute atomic E-state index is 11.4. The molecule has 2 bridgehead atoms. The summed E-state index contributed by atoms with van der Waals surface area (Å²) in [5, 5.41) is 14.3. The zero-order valence-electron chi connectivity index (χ0n) is 22.2. The van der Waals surface area contributed by atoms with Gasteiger partial charge in [-0.3, -0.25) is 4.98 Å². The van der Waals surface area contributed by atoms with Crippen LogP contribution in [-0.4, -0.2) is 45.5 Å². The van der Waals surface area contributed by atoms with Crippen molar-refractivity contribution in [2.24, 2.45) is 5.41 Å². The number of carboxylic acids is 1. The smallest absolute Gasteiger partial charge is 0.354 e. The highest BCUT2D eigenvalue weighted by molar-refractivity contribution is 6.33. The first-order chi connectivity index (χ1) is 18.8. The molecule has 4 saturated carbocycles. The lowest BCUT2D eigenvalue weighted by molar-refractivity contribution is -0.150. The van der Waals surface area contributed by atoms with Gasteiger partial charge in [0.2, 0.25) is 5.88 Å². The number of fused-ring (bicyclic) bond motifs is 3. The highest BCUT2D eigenvalue weighted by Gasteiger charge is 2.50. The molecule has 0 saturated heterocycles. The van der Waals surface area contributed by atoms with Gasteiger partial charge >= 0.3 is 5.97 Å². The molecule has 3 aromatic rings. The molecule has 0 unspecified atom stereocenters. The monoisotopic (exact) mass is 553 g/mol. The van der Waals surface area contributed by atoms with Crippen molar-refractivity contribution in [3.05, 3.63) is 52.1 Å². The minimum Gasteiger partial charge on any atom is -0.494 e. The molecule has 3 heterocycles. The molecule has 0 amide bonds. The van der Waals surface area contributed by atoms with Crippen LogP contribution in [0.25, 0.3) is 11.3 Å². The van der Waals surface area contributed by atoms with E-state index in [1.54, 1.807) is 38.6 Å². The van der Waals surface area contributed by atoms with Crippen molar-refractivity contribution in [2.45, 2.75) is 76.4 Å². The molecule has 0 radical (unpaired) electrons. The molecule has 0 aliphatic heterocycles. The van der Waals surface area contributed by atoms with Gasteiger partial charge in [-0.25, -0.2) is 9.78 Å². The summed E-state index contributed by atoms with van der Waals surface area (Å²) in [5.41, 5.74) is 2.81. The second-order valence-corrected chi connectivity index (χ2v) is 11.6. The predicted octanol–water partition coefficient (Wildman–Crippen LogP) is 6.37. The highest BCUT2D eigenvalue weighted by Crippen LogP contribution is 2.55.